The molecule has 118 valence electrons. The monoisotopic (exact) mass is 332 g/mol. The normalized spacial score (nSPS) is 11.0. The Kier molecular flexibility index (Phi) is 5.43. The van der Waals surface area contributed by atoms with Crippen molar-refractivity contribution in [2.24, 2.45) is 0 Å². The summed E-state index contributed by atoms with van der Waals surface area (Å²) in [6.45, 7) is 6.78. The van der Waals surface area contributed by atoms with Crippen molar-refractivity contribution in [2.45, 2.75) is 0 Å². The predicted molar refractivity (Wildman–Crippen MR) is 89.3 cm³/mol. The highest BCUT2D eigenvalue weighted by Crippen LogP contribution is 2.26. The van der Waals surface area contributed by atoms with E-state index in [2.05, 4.69) is 33.4 Å². The fourth-order valence-corrected chi connectivity index (χ4v) is 1.83. The molecule has 0 aliphatic rings. The molecule has 0 aromatic carbocycles. The zero-order valence-electron chi connectivity index (χ0n) is 12.4. The van der Waals surface area contributed by atoms with Gasteiger partial charge in [-0.05, 0) is 18.2 Å². The molecule has 0 saturated heterocycles. The van der Waals surface area contributed by atoms with Crippen molar-refractivity contribution in [1.82, 2.24) is 15.0 Å². The van der Waals surface area contributed by atoms with Gasteiger partial charge < -0.3 is 10.1 Å². The van der Waals surface area contributed by atoms with Gasteiger partial charge in [-0.25, -0.2) is 9.37 Å². The van der Waals surface area contributed by atoms with E-state index in [0.717, 1.165) is 5.69 Å². The van der Waals surface area contributed by atoms with Gasteiger partial charge in [0.2, 0.25) is 5.88 Å². The Morgan fingerprint density at radius 2 is 2.00 bits per heavy atom. The molecule has 2 heterocycles. The number of aromatic nitrogens is 3. The van der Waals surface area contributed by atoms with Crippen molar-refractivity contribution >= 4 is 28.7 Å². The second-order valence-electron chi connectivity index (χ2n) is 4.39. The Labute approximate surface area is 138 Å². The van der Waals surface area contributed by atoms with Crippen LogP contribution in [0.3, 0.4) is 0 Å². The van der Waals surface area contributed by atoms with Crippen molar-refractivity contribution in [2.75, 3.05) is 12.4 Å². The van der Waals surface area contributed by atoms with E-state index < -0.39 is 5.83 Å². The van der Waals surface area contributed by atoms with Gasteiger partial charge in [0.05, 0.1) is 12.7 Å². The molecule has 0 aliphatic carbocycles. The van der Waals surface area contributed by atoms with Crippen LogP contribution in [0.1, 0.15) is 5.82 Å². The summed E-state index contributed by atoms with van der Waals surface area (Å²) >= 11 is 5.72. The van der Waals surface area contributed by atoms with Crippen LogP contribution in [0.2, 0.25) is 0 Å². The molecule has 2 aromatic rings. The van der Waals surface area contributed by atoms with E-state index in [1.165, 1.54) is 13.2 Å². The number of pyridine rings is 1. The Morgan fingerprint density at radius 1 is 1.30 bits per heavy atom. The standard InChI is InChI=1S/C16H14ClFN4O/c1-10(17)8-13(11(2)18)16-21-14(9-15(22-16)23-3)20-12-4-6-19-7-5-12/h4-9H,1-2H2,3H3,(H,19,20,21,22)/b13-8+. The fraction of sp³-hybridized carbons (Fsp3) is 0.0625. The molecule has 23 heavy (non-hydrogen) atoms. The Hall–Kier alpha value is -2.73. The molecule has 0 unspecified atom stereocenters. The topological polar surface area (TPSA) is 59.9 Å². The van der Waals surface area contributed by atoms with Gasteiger partial charge in [-0.1, -0.05) is 24.8 Å². The SMILES string of the molecule is C=C(Cl)/C=C(\C(=C)F)c1nc(Nc2ccncc2)cc(OC)n1. The van der Waals surface area contributed by atoms with Crippen molar-refractivity contribution < 1.29 is 9.13 Å². The molecule has 2 aromatic heterocycles. The molecule has 7 heteroatoms. The predicted octanol–water partition coefficient (Wildman–Crippen LogP) is 4.24. The second kappa shape index (κ2) is 7.51. The van der Waals surface area contributed by atoms with Crippen molar-refractivity contribution in [3.8, 4) is 5.88 Å². The first-order valence-electron chi connectivity index (χ1n) is 6.51. The lowest BCUT2D eigenvalue weighted by molar-refractivity contribution is 0.396. The average molecular weight is 333 g/mol. The highest BCUT2D eigenvalue weighted by molar-refractivity contribution is 6.31. The number of halogens is 2. The van der Waals surface area contributed by atoms with Gasteiger partial charge in [0.25, 0.3) is 0 Å². The molecule has 0 aliphatic heterocycles. The maximum Gasteiger partial charge on any atom is 0.218 e. The molecular weight excluding hydrogens is 319 g/mol. The zero-order valence-corrected chi connectivity index (χ0v) is 13.1. The van der Waals surface area contributed by atoms with Gasteiger partial charge in [0, 0.05) is 29.2 Å². The number of ether oxygens (including phenoxy) is 1. The Morgan fingerprint density at radius 3 is 2.57 bits per heavy atom. The molecule has 0 atom stereocenters. The molecular formula is C16H14ClFN4O. The van der Waals surface area contributed by atoms with Gasteiger partial charge in [0.15, 0.2) is 5.82 Å². The maximum absolute atomic E-state index is 13.7. The third-order valence-electron chi connectivity index (χ3n) is 2.70. The fourth-order valence-electron chi connectivity index (χ4n) is 1.72. The third-order valence-corrected chi connectivity index (χ3v) is 2.81. The van der Waals surface area contributed by atoms with Crippen LogP contribution in [0.15, 0.2) is 60.7 Å². The molecule has 0 radical (unpaired) electrons. The van der Waals surface area contributed by atoms with E-state index in [1.54, 1.807) is 30.6 Å². The first kappa shape index (κ1) is 16.6. The number of allylic oxidation sites excluding steroid dienone is 4. The number of nitrogens with one attached hydrogen (secondary N) is 1. The van der Waals surface area contributed by atoms with Crippen LogP contribution in [0.4, 0.5) is 15.9 Å². The van der Waals surface area contributed by atoms with Gasteiger partial charge >= 0.3 is 0 Å². The summed E-state index contributed by atoms with van der Waals surface area (Å²) in [5.74, 6) is 0.0365. The first-order chi connectivity index (χ1) is 11.0. The van der Waals surface area contributed by atoms with E-state index in [-0.39, 0.29) is 22.3 Å². The minimum atomic E-state index is -0.727. The highest BCUT2D eigenvalue weighted by Gasteiger charge is 2.13. The maximum atomic E-state index is 13.7. The summed E-state index contributed by atoms with van der Waals surface area (Å²) < 4.78 is 18.8. The number of rotatable bonds is 6. The summed E-state index contributed by atoms with van der Waals surface area (Å²) in [4.78, 5) is 12.3. The summed E-state index contributed by atoms with van der Waals surface area (Å²) in [5, 5.41) is 3.19. The molecule has 0 saturated carbocycles. The van der Waals surface area contributed by atoms with E-state index >= 15 is 0 Å². The minimum absolute atomic E-state index is 0.0293. The van der Waals surface area contributed by atoms with Crippen LogP contribution >= 0.6 is 11.6 Å². The van der Waals surface area contributed by atoms with Gasteiger partial charge in [-0.15, -0.1) is 0 Å². The molecule has 0 bridgehead atoms. The summed E-state index contributed by atoms with van der Waals surface area (Å²) in [6, 6.07) is 5.11. The first-order valence-corrected chi connectivity index (χ1v) is 6.88. The van der Waals surface area contributed by atoms with Crippen LogP contribution in [-0.2, 0) is 0 Å². The van der Waals surface area contributed by atoms with Crippen LogP contribution in [0.5, 0.6) is 5.88 Å². The average Bonchev–Trinajstić information content (AvgIpc) is 2.52. The van der Waals surface area contributed by atoms with Gasteiger partial charge in [-0.3, -0.25) is 4.98 Å². The molecule has 0 spiro atoms. The lowest BCUT2D eigenvalue weighted by atomic mass is 10.2. The molecule has 2 rings (SSSR count). The van der Waals surface area contributed by atoms with Gasteiger partial charge in [-0.2, -0.15) is 4.98 Å². The third kappa shape index (κ3) is 4.62. The minimum Gasteiger partial charge on any atom is -0.481 e. The lowest BCUT2D eigenvalue weighted by Crippen LogP contribution is -2.02. The van der Waals surface area contributed by atoms with E-state index in [9.17, 15) is 4.39 Å². The number of hydrogen-bond acceptors (Lipinski definition) is 5. The Bertz CT molecular complexity index is 762. The molecule has 5 nitrogen and oxygen atoms in total. The Balaban J connectivity index is 2.46. The lowest BCUT2D eigenvalue weighted by Gasteiger charge is -2.10. The van der Waals surface area contributed by atoms with Crippen molar-refractivity contribution in [3.63, 3.8) is 0 Å². The van der Waals surface area contributed by atoms with Gasteiger partial charge in [0.1, 0.15) is 11.6 Å². The number of hydrogen-bond donors (Lipinski definition) is 1. The van der Waals surface area contributed by atoms with E-state index in [0.29, 0.717) is 5.82 Å². The smallest absolute Gasteiger partial charge is 0.218 e. The van der Waals surface area contributed by atoms with Crippen molar-refractivity contribution in [3.05, 3.63) is 66.5 Å². The van der Waals surface area contributed by atoms with Crippen LogP contribution < -0.4 is 10.1 Å². The number of methoxy groups -OCH3 is 1. The summed E-state index contributed by atoms with van der Waals surface area (Å²) in [5.41, 5.74) is 0.791. The second-order valence-corrected chi connectivity index (χ2v) is 4.88. The molecule has 0 fully saturated rings. The number of nitrogens with zero attached hydrogens (tertiary/aromatic N) is 3. The van der Waals surface area contributed by atoms with Crippen LogP contribution in [0.25, 0.3) is 5.57 Å². The zero-order chi connectivity index (χ0) is 16.8. The summed E-state index contributed by atoms with van der Waals surface area (Å²) in [7, 11) is 1.45. The summed E-state index contributed by atoms with van der Waals surface area (Å²) in [6.07, 6.45) is 4.57. The largest absolute Gasteiger partial charge is 0.481 e. The van der Waals surface area contributed by atoms with E-state index in [1.807, 2.05) is 0 Å². The van der Waals surface area contributed by atoms with E-state index in [4.69, 9.17) is 16.3 Å². The molecule has 0 amide bonds. The quantitative estimate of drug-likeness (QED) is 0.802. The van der Waals surface area contributed by atoms with Crippen molar-refractivity contribution in [1.29, 1.82) is 0 Å². The van der Waals surface area contributed by atoms with Crippen LogP contribution in [0, 0.1) is 0 Å². The molecule has 1 N–H and O–H groups in total. The van der Waals surface area contributed by atoms with Crippen LogP contribution in [-0.4, -0.2) is 22.1 Å². The highest BCUT2D eigenvalue weighted by atomic mass is 35.5. The number of anilines is 2.